The van der Waals surface area contributed by atoms with Crippen LogP contribution in [0.2, 0.25) is 0 Å². The summed E-state index contributed by atoms with van der Waals surface area (Å²) in [6.07, 6.45) is 0. The second kappa shape index (κ2) is 25.0. The summed E-state index contributed by atoms with van der Waals surface area (Å²) in [6.45, 7) is -0.259. The molecule has 8 heterocycles. The predicted octanol–water partition coefficient (Wildman–Crippen LogP) is 16.5. The van der Waals surface area contributed by atoms with E-state index in [2.05, 4.69) is 216 Å². The van der Waals surface area contributed by atoms with Gasteiger partial charge < -0.3 is 9.80 Å². The molecule has 0 radical (unpaired) electrons. The van der Waals surface area contributed by atoms with Crippen LogP contribution in [-0.2, 0) is 0 Å². The molecule has 0 aliphatic carbocycles. The summed E-state index contributed by atoms with van der Waals surface area (Å²) in [6, 6.07) is 116. The minimum absolute atomic E-state index is 0.259. The summed E-state index contributed by atoms with van der Waals surface area (Å²) in [5.41, 5.74) is 22.8. The normalized spacial score (nSPS) is 15.5. The Morgan fingerprint density at radius 1 is 0.168 bits per heavy atom. The lowest BCUT2D eigenvalue weighted by atomic mass is 9.33. The molecule has 0 amide bonds. The first-order valence-electron chi connectivity index (χ1n) is 35.4. The molecule has 8 aliphatic heterocycles. The lowest BCUT2D eigenvalue weighted by Crippen LogP contribution is -2.61. The minimum Gasteiger partial charge on any atom is -0.311 e. The van der Waals surface area contributed by atoms with Gasteiger partial charge in [0.2, 0.25) is 35.8 Å². The Balaban J connectivity index is 0.790. The van der Waals surface area contributed by atoms with E-state index in [1.165, 1.54) is 5.46 Å². The van der Waals surface area contributed by atoms with Crippen LogP contribution in [0.25, 0.3) is 44.5 Å². The van der Waals surface area contributed by atoms with Crippen LogP contribution < -0.4 is 26.2 Å². The van der Waals surface area contributed by atoms with Gasteiger partial charge in [0.1, 0.15) is 0 Å². The van der Waals surface area contributed by atoms with E-state index in [1.54, 1.807) is 9.80 Å². The molecule has 21 rings (SSSR count). The lowest BCUT2D eigenvalue weighted by Gasteiger charge is -2.44. The van der Waals surface area contributed by atoms with E-state index in [9.17, 15) is 0 Å². The van der Waals surface area contributed by atoms with E-state index in [4.69, 9.17) is 59.9 Å². The van der Waals surface area contributed by atoms with Crippen LogP contribution in [0.15, 0.2) is 394 Å². The third-order valence-electron chi connectivity index (χ3n) is 20.1. The van der Waals surface area contributed by atoms with Gasteiger partial charge in [-0.3, -0.25) is 0 Å². The van der Waals surface area contributed by atoms with Crippen molar-refractivity contribution in [3.8, 4) is 44.5 Å². The maximum absolute atomic E-state index is 5.37. The number of fused-ring (bicyclic) bond motifs is 4. The second-order valence-electron chi connectivity index (χ2n) is 26.6. The van der Waals surface area contributed by atoms with Gasteiger partial charge in [0, 0.05) is 67.5 Å². The second-order valence-corrected chi connectivity index (χ2v) is 26.6. The summed E-state index contributed by atoms with van der Waals surface area (Å²) in [5, 5.41) is 0. The summed E-state index contributed by atoms with van der Waals surface area (Å²) < 4.78 is 0. The molecule has 16 nitrogen and oxygen atoms in total. The van der Waals surface area contributed by atoms with Crippen molar-refractivity contribution in [3.63, 3.8) is 0 Å². The van der Waals surface area contributed by atoms with Gasteiger partial charge in [-0.15, -0.1) is 0 Å². The largest absolute Gasteiger partial charge is 0.311 e. The molecule has 17 heteroatoms. The highest BCUT2D eigenvalue weighted by Gasteiger charge is 2.45. The van der Waals surface area contributed by atoms with Gasteiger partial charge >= 0.3 is 0 Å². The zero-order valence-corrected chi connectivity index (χ0v) is 57.0. The highest BCUT2D eigenvalue weighted by molar-refractivity contribution is 7.00. The Hall–Kier alpha value is -14.8. The number of aliphatic imine (C=N–C) groups is 12. The summed E-state index contributed by atoms with van der Waals surface area (Å²) in [5.74, 6) is 4.39. The average molecular weight is 1370 g/mol. The average Bonchev–Trinajstić information content (AvgIpc) is 0.685. The quantitative estimate of drug-likeness (QED) is 0.111. The van der Waals surface area contributed by atoms with Gasteiger partial charge in [0.05, 0.1) is 0 Å². The molecule has 13 aromatic rings. The van der Waals surface area contributed by atoms with Gasteiger partial charge in [-0.25, -0.2) is 9.80 Å². The fraction of sp³-hybridized carbons (Fsp3) is 0. The van der Waals surface area contributed by atoms with E-state index in [-0.39, 0.29) is 6.71 Å². The van der Waals surface area contributed by atoms with E-state index in [0.717, 1.165) is 112 Å². The highest BCUT2D eigenvalue weighted by atomic mass is 15.5. The minimum atomic E-state index is -0.259. The first-order valence-corrected chi connectivity index (χ1v) is 35.4. The number of nitrogens with zero attached hydrogens (tertiary/aromatic N) is 16. The molecule has 498 valence electrons. The highest BCUT2D eigenvalue weighted by Crippen LogP contribution is 2.46. The first kappa shape index (κ1) is 60.9. The van der Waals surface area contributed by atoms with Gasteiger partial charge in [0.15, 0.2) is 35.0 Å². The van der Waals surface area contributed by atoms with E-state index in [0.29, 0.717) is 81.9 Å². The molecule has 0 saturated heterocycles. The fourth-order valence-corrected chi connectivity index (χ4v) is 15.1. The van der Waals surface area contributed by atoms with Crippen molar-refractivity contribution in [2.45, 2.75) is 0 Å². The summed E-state index contributed by atoms with van der Waals surface area (Å²) >= 11 is 0. The topological polar surface area (TPSA) is 161 Å². The molecule has 0 bridgehead atoms. The van der Waals surface area contributed by atoms with Crippen molar-refractivity contribution in [1.29, 1.82) is 0 Å². The number of rotatable bonds is 12. The Morgan fingerprint density at radius 3 is 0.832 bits per heavy atom. The molecule has 0 N–H and O–H groups in total. The van der Waals surface area contributed by atoms with Gasteiger partial charge in [0.25, 0.3) is 6.71 Å². The molecule has 0 atom stereocenters. The van der Waals surface area contributed by atoms with Gasteiger partial charge in [-0.1, -0.05) is 267 Å². The maximum Gasteiger partial charge on any atom is 0.252 e. The maximum atomic E-state index is 5.37. The van der Waals surface area contributed by atoms with Crippen molar-refractivity contribution < 1.29 is 0 Å². The van der Waals surface area contributed by atoms with Crippen molar-refractivity contribution in [2.75, 3.05) is 9.80 Å². The number of amidine groups is 6. The van der Waals surface area contributed by atoms with E-state index < -0.39 is 0 Å². The van der Waals surface area contributed by atoms with Crippen molar-refractivity contribution >= 4 is 128 Å². The number of hydrogen-bond acceptors (Lipinski definition) is 16. The molecule has 0 saturated carbocycles. The van der Waals surface area contributed by atoms with Crippen LogP contribution in [0.5, 0.6) is 0 Å². The standard InChI is InChI=1S/C90H55BN16/c1-8-23-56(24-9-1)59-39-45-70(46-40-59)104-74-50-44-65(54-73(74)91-72-49-43-66(58-27-12-3-13-28-58)55-77(72)105(76-38-22-37-75(104)78(76)91)71-47-41-60(42-48-71)57-25-10-2-11-26-57)67-51-68(83-100-87-96-79(61-29-14-4-15-30-61)92-85-93-80(62-31-16-5-17-32-62)97-88(101-83)106(85)87)53-69(52-67)84-102-89-98-81(63-33-18-6-19-34-63)94-86-95-82(64-35-20-7-21-36-64)99-90(103-84)107(86)89/h1-55H. The molecule has 0 spiro atoms. The van der Waals surface area contributed by atoms with Crippen molar-refractivity contribution in [3.05, 3.63) is 367 Å². The van der Waals surface area contributed by atoms with Crippen LogP contribution in [0, 0.1) is 0 Å². The lowest BCUT2D eigenvalue weighted by molar-refractivity contribution is 0.828. The van der Waals surface area contributed by atoms with Crippen LogP contribution in [0.3, 0.4) is 0 Å². The predicted molar refractivity (Wildman–Crippen MR) is 435 cm³/mol. The molecule has 0 aromatic heterocycles. The van der Waals surface area contributed by atoms with Crippen LogP contribution in [-0.4, -0.2) is 87.3 Å². The fourth-order valence-electron chi connectivity index (χ4n) is 15.1. The van der Waals surface area contributed by atoms with Crippen LogP contribution in [0.1, 0.15) is 33.4 Å². The van der Waals surface area contributed by atoms with Gasteiger partial charge in [-0.05, 0) is 128 Å². The molecular weight excluding hydrogens is 1320 g/mol. The third kappa shape index (κ3) is 10.6. The Kier molecular flexibility index (Phi) is 14.2. The summed E-state index contributed by atoms with van der Waals surface area (Å²) in [4.78, 5) is 70.6. The molecular formula is C90H55BN16. The molecule has 0 unspecified atom stereocenters. The number of anilines is 6. The molecule has 8 aliphatic rings. The van der Waals surface area contributed by atoms with Crippen LogP contribution >= 0.6 is 0 Å². The Bertz CT molecular complexity index is 5990. The van der Waals surface area contributed by atoms with Gasteiger partial charge in [-0.2, -0.15) is 59.9 Å². The number of guanidine groups is 6. The third-order valence-corrected chi connectivity index (χ3v) is 20.1. The zero-order chi connectivity index (χ0) is 70.5. The Labute approximate surface area is 615 Å². The van der Waals surface area contributed by atoms with Crippen molar-refractivity contribution in [1.82, 2.24) is 9.80 Å². The number of hydrogen-bond donors (Lipinski definition) is 0. The monoisotopic (exact) mass is 1370 g/mol. The van der Waals surface area contributed by atoms with E-state index in [1.807, 2.05) is 127 Å². The zero-order valence-electron chi connectivity index (χ0n) is 57.0. The van der Waals surface area contributed by atoms with Crippen LogP contribution in [0.4, 0.5) is 34.1 Å². The molecule has 13 aromatic carbocycles. The first-order chi connectivity index (χ1) is 53.0. The number of benzene rings is 13. The SMILES string of the molecule is c1ccc(C2=NC3=NC(c4ccccc4)=NC4=NC(c5cc(C6=NC7=NC(c8ccccc8)=NC8=NC(c9ccccc9)=NC(=N6)N87)cc(-c6ccc7c(c6)B6c8ccc(-c9ccccc9)cc8N(c8ccc(-c9ccccc9)cc8)c8cccc(c86)N7c6ccc(-c7ccccc7)cc6)c5)=NC(=N2)N34)cc1. The smallest absolute Gasteiger partial charge is 0.252 e. The van der Waals surface area contributed by atoms with E-state index >= 15 is 0 Å². The molecule has 107 heavy (non-hydrogen) atoms. The van der Waals surface area contributed by atoms with Crippen molar-refractivity contribution in [2.24, 2.45) is 59.9 Å². The summed E-state index contributed by atoms with van der Waals surface area (Å²) in [7, 11) is 0. The Morgan fingerprint density at radius 2 is 0.458 bits per heavy atom. The molecule has 0 fully saturated rings.